The van der Waals surface area contributed by atoms with Crippen LogP contribution >= 0.6 is 0 Å². The summed E-state index contributed by atoms with van der Waals surface area (Å²) < 4.78 is 6.38. The lowest BCUT2D eigenvalue weighted by molar-refractivity contribution is -0.0975. The first-order valence-corrected chi connectivity index (χ1v) is 6.42. The Labute approximate surface area is 114 Å². The van der Waals surface area contributed by atoms with E-state index < -0.39 is 41.9 Å². The van der Waals surface area contributed by atoms with E-state index in [2.05, 4.69) is 0 Å². The summed E-state index contributed by atoms with van der Waals surface area (Å²) in [4.78, 5) is 24.8. The van der Waals surface area contributed by atoms with Gasteiger partial charge in [-0.2, -0.15) is 0 Å². The highest BCUT2D eigenvalue weighted by atomic mass is 16.6. The van der Waals surface area contributed by atoms with E-state index in [-0.39, 0.29) is 6.42 Å². The first kappa shape index (κ1) is 14.9. The number of nitrogens with zero attached hydrogens (tertiary/aromatic N) is 1. The highest BCUT2D eigenvalue weighted by molar-refractivity contribution is 5.03. The van der Waals surface area contributed by atoms with E-state index in [4.69, 9.17) is 4.74 Å². The lowest BCUT2D eigenvalue weighted by Gasteiger charge is -2.29. The van der Waals surface area contributed by atoms with Crippen molar-refractivity contribution in [3.05, 3.63) is 33.1 Å². The molecule has 0 bridgehead atoms. The van der Waals surface area contributed by atoms with Crippen LogP contribution in [0.15, 0.2) is 21.9 Å². The van der Waals surface area contributed by atoms with Gasteiger partial charge < -0.3 is 20.1 Å². The molecule has 1 fully saturated rings. The summed E-state index contributed by atoms with van der Waals surface area (Å²) in [5.74, 6) is 0. The smallest absolute Gasteiger partial charge is 0.330 e. The largest absolute Gasteiger partial charge is 0.394 e. The minimum atomic E-state index is -1.64. The second kappa shape index (κ2) is 5.49. The lowest BCUT2D eigenvalue weighted by Crippen LogP contribution is -2.49. The van der Waals surface area contributed by atoms with Gasteiger partial charge in [-0.15, -0.1) is 0 Å². The fourth-order valence-electron chi connectivity index (χ4n) is 2.55. The lowest BCUT2D eigenvalue weighted by atomic mass is 9.88. The minimum absolute atomic E-state index is 0.216. The Bertz CT molecular complexity index is 582. The highest BCUT2D eigenvalue weighted by Crippen LogP contribution is 2.39. The molecule has 4 atom stereocenters. The first-order chi connectivity index (χ1) is 9.43. The van der Waals surface area contributed by atoms with Gasteiger partial charge in [0.1, 0.15) is 17.8 Å². The summed E-state index contributed by atoms with van der Waals surface area (Å²) in [6, 6.07) is 1.11. The van der Waals surface area contributed by atoms with Gasteiger partial charge in [-0.3, -0.25) is 14.3 Å². The maximum absolute atomic E-state index is 11.7. The molecule has 2 rings (SSSR count). The summed E-state index contributed by atoms with van der Waals surface area (Å²) in [5.41, 5.74) is -2.95. The predicted molar refractivity (Wildman–Crippen MR) is 68.2 cm³/mol. The number of aliphatic hydroxyl groups excluding tert-OH is 2. The third kappa shape index (κ3) is 2.31. The second-order valence-electron chi connectivity index (χ2n) is 4.90. The van der Waals surface area contributed by atoms with E-state index in [0.29, 0.717) is 6.42 Å². The summed E-state index contributed by atoms with van der Waals surface area (Å²) in [5, 5.41) is 30.0. The number of rotatable bonds is 4. The van der Waals surface area contributed by atoms with Crippen molar-refractivity contribution in [1.29, 1.82) is 0 Å². The van der Waals surface area contributed by atoms with Gasteiger partial charge in [-0.05, 0) is 6.42 Å². The third-order valence-electron chi connectivity index (χ3n) is 3.59. The van der Waals surface area contributed by atoms with Crippen molar-refractivity contribution in [3.8, 4) is 0 Å². The van der Waals surface area contributed by atoms with Crippen molar-refractivity contribution in [1.82, 2.24) is 9.55 Å². The van der Waals surface area contributed by atoms with Crippen LogP contribution in [0.1, 0.15) is 26.0 Å². The number of H-pyrrole nitrogens is 1. The zero-order valence-electron chi connectivity index (χ0n) is 11.0. The average Bonchev–Trinajstić information content (AvgIpc) is 2.63. The van der Waals surface area contributed by atoms with Crippen LogP contribution in [-0.2, 0) is 4.74 Å². The van der Waals surface area contributed by atoms with Gasteiger partial charge in [-0.1, -0.05) is 13.3 Å². The number of hydrogen-bond donors (Lipinski definition) is 4. The van der Waals surface area contributed by atoms with Crippen molar-refractivity contribution in [3.63, 3.8) is 0 Å². The van der Waals surface area contributed by atoms with Crippen molar-refractivity contribution in [2.75, 3.05) is 6.61 Å². The number of hydrogen-bond acceptors (Lipinski definition) is 6. The monoisotopic (exact) mass is 286 g/mol. The molecule has 1 aromatic rings. The molecule has 1 aromatic heterocycles. The van der Waals surface area contributed by atoms with Crippen molar-refractivity contribution < 1.29 is 20.1 Å². The summed E-state index contributed by atoms with van der Waals surface area (Å²) in [6.07, 6.45) is -1.58. The fourth-order valence-corrected chi connectivity index (χ4v) is 2.55. The molecular weight excluding hydrogens is 268 g/mol. The van der Waals surface area contributed by atoms with Crippen molar-refractivity contribution in [2.45, 2.75) is 43.8 Å². The molecule has 1 saturated heterocycles. The summed E-state index contributed by atoms with van der Waals surface area (Å²) in [7, 11) is 0. The van der Waals surface area contributed by atoms with Crippen LogP contribution in [0.2, 0.25) is 0 Å². The first-order valence-electron chi connectivity index (χ1n) is 6.42. The number of aromatic nitrogens is 2. The standard InChI is InChI=1S/C12H18N2O6/c1-2-4-12(19)7(6-15)20-10(9(12)17)14-5-3-8(16)13-11(14)18/h3,5,7,9-10,15,17,19H,2,4,6H2,1H3,(H,13,16,18)/t7-,9+,10-,12-/m1/s1. The van der Waals surface area contributed by atoms with Crippen LogP contribution < -0.4 is 11.2 Å². The quantitative estimate of drug-likeness (QED) is 0.524. The maximum atomic E-state index is 11.7. The van der Waals surface area contributed by atoms with Crippen LogP contribution in [0.25, 0.3) is 0 Å². The van der Waals surface area contributed by atoms with Crippen molar-refractivity contribution in [2.24, 2.45) is 0 Å². The Balaban J connectivity index is 2.39. The minimum Gasteiger partial charge on any atom is -0.394 e. The Morgan fingerprint density at radius 3 is 2.75 bits per heavy atom. The van der Waals surface area contributed by atoms with Crippen molar-refractivity contribution >= 4 is 0 Å². The molecule has 0 spiro atoms. The van der Waals surface area contributed by atoms with Crippen LogP contribution in [0.5, 0.6) is 0 Å². The molecule has 0 amide bonds. The third-order valence-corrected chi connectivity index (χ3v) is 3.59. The van der Waals surface area contributed by atoms with Gasteiger partial charge in [0, 0.05) is 12.3 Å². The van der Waals surface area contributed by atoms with Gasteiger partial charge >= 0.3 is 5.69 Å². The predicted octanol–water partition coefficient (Wildman–Crippen LogP) is -1.68. The zero-order valence-corrected chi connectivity index (χ0v) is 11.0. The van der Waals surface area contributed by atoms with Crippen LogP contribution in [-0.4, -0.2) is 49.3 Å². The Morgan fingerprint density at radius 2 is 2.20 bits per heavy atom. The fraction of sp³-hybridized carbons (Fsp3) is 0.667. The molecule has 112 valence electrons. The van der Waals surface area contributed by atoms with Crippen LogP contribution in [0, 0.1) is 0 Å². The molecule has 1 aliphatic heterocycles. The molecule has 1 aliphatic rings. The van der Waals surface area contributed by atoms with E-state index in [1.54, 1.807) is 0 Å². The van der Waals surface area contributed by atoms with Gasteiger partial charge in [0.05, 0.1) is 6.61 Å². The van der Waals surface area contributed by atoms with Gasteiger partial charge in [0.25, 0.3) is 5.56 Å². The molecule has 4 N–H and O–H groups in total. The molecule has 8 nitrogen and oxygen atoms in total. The summed E-state index contributed by atoms with van der Waals surface area (Å²) >= 11 is 0. The Hall–Kier alpha value is -1.48. The number of aliphatic hydroxyl groups is 3. The highest BCUT2D eigenvalue weighted by Gasteiger charge is 2.55. The Kier molecular flexibility index (Phi) is 4.09. The van der Waals surface area contributed by atoms with E-state index in [1.165, 1.54) is 6.20 Å². The zero-order chi connectivity index (χ0) is 14.9. The molecule has 0 aromatic carbocycles. The number of nitrogens with one attached hydrogen (secondary N) is 1. The molecule has 8 heteroatoms. The van der Waals surface area contributed by atoms with Crippen LogP contribution in [0.3, 0.4) is 0 Å². The van der Waals surface area contributed by atoms with Gasteiger partial charge in [0.15, 0.2) is 6.23 Å². The topological polar surface area (TPSA) is 125 Å². The number of aromatic amines is 1. The second-order valence-corrected chi connectivity index (χ2v) is 4.90. The summed E-state index contributed by atoms with van der Waals surface area (Å²) in [6.45, 7) is 1.33. The van der Waals surface area contributed by atoms with Gasteiger partial charge in [-0.25, -0.2) is 4.79 Å². The molecule has 0 aliphatic carbocycles. The average molecular weight is 286 g/mol. The molecule has 0 unspecified atom stereocenters. The van der Waals surface area contributed by atoms with Gasteiger partial charge in [0.2, 0.25) is 0 Å². The normalized spacial score (nSPS) is 33.5. The molecular formula is C12H18N2O6. The molecule has 20 heavy (non-hydrogen) atoms. The van der Waals surface area contributed by atoms with E-state index in [1.807, 2.05) is 11.9 Å². The van der Waals surface area contributed by atoms with E-state index in [0.717, 1.165) is 10.6 Å². The molecule has 2 heterocycles. The Morgan fingerprint density at radius 1 is 1.50 bits per heavy atom. The SMILES string of the molecule is CCC[C@@]1(O)[C@@H](CO)O[C@@H](n2ccc(=O)[nH]c2=O)[C@@H]1O. The maximum Gasteiger partial charge on any atom is 0.330 e. The van der Waals surface area contributed by atoms with E-state index >= 15 is 0 Å². The molecule has 0 saturated carbocycles. The van der Waals surface area contributed by atoms with Crippen LogP contribution in [0.4, 0.5) is 0 Å². The molecule has 0 radical (unpaired) electrons. The number of ether oxygens (including phenoxy) is 1. The van der Waals surface area contributed by atoms with E-state index in [9.17, 15) is 24.9 Å².